The summed E-state index contributed by atoms with van der Waals surface area (Å²) in [5.41, 5.74) is 3.71. The standard InChI is InChI=1S/C15H24N2O/c1-11(2)7-6-8-12(3)9-15-10-13(4)16-17(15)14(5)18/h7,9,15H,6,8,10H2,1-5H3. The molecule has 1 amide bonds. The topological polar surface area (TPSA) is 32.7 Å². The highest BCUT2D eigenvalue weighted by atomic mass is 16.2. The minimum absolute atomic E-state index is 0.0187. The van der Waals surface area contributed by atoms with Gasteiger partial charge in [0, 0.05) is 19.1 Å². The van der Waals surface area contributed by atoms with Gasteiger partial charge in [0.2, 0.25) is 5.91 Å². The van der Waals surface area contributed by atoms with Gasteiger partial charge in [-0.1, -0.05) is 23.3 Å². The van der Waals surface area contributed by atoms with E-state index in [1.54, 1.807) is 11.9 Å². The fraction of sp³-hybridized carbons (Fsp3) is 0.600. The molecule has 0 aromatic carbocycles. The second-order valence-corrected chi connectivity index (χ2v) is 5.30. The van der Waals surface area contributed by atoms with Crippen LogP contribution in [0.2, 0.25) is 0 Å². The van der Waals surface area contributed by atoms with E-state index in [0.717, 1.165) is 25.0 Å². The lowest BCUT2D eigenvalue weighted by Crippen LogP contribution is -2.29. The zero-order chi connectivity index (χ0) is 13.7. The minimum Gasteiger partial charge on any atom is -0.273 e. The Morgan fingerprint density at radius 3 is 2.61 bits per heavy atom. The molecule has 0 bridgehead atoms. The normalized spacial score (nSPS) is 19.8. The molecule has 0 aromatic heterocycles. The van der Waals surface area contributed by atoms with Gasteiger partial charge >= 0.3 is 0 Å². The monoisotopic (exact) mass is 248 g/mol. The van der Waals surface area contributed by atoms with Gasteiger partial charge in [-0.25, -0.2) is 5.01 Å². The maximum Gasteiger partial charge on any atom is 0.240 e. The Kier molecular flexibility index (Phi) is 5.32. The molecule has 3 nitrogen and oxygen atoms in total. The van der Waals surface area contributed by atoms with Crippen molar-refractivity contribution in [2.75, 3.05) is 0 Å². The van der Waals surface area contributed by atoms with Crippen molar-refractivity contribution in [3.8, 4) is 0 Å². The second kappa shape index (κ2) is 6.53. The Hall–Kier alpha value is -1.38. The zero-order valence-electron chi connectivity index (χ0n) is 12.2. The summed E-state index contributed by atoms with van der Waals surface area (Å²) in [7, 11) is 0. The van der Waals surface area contributed by atoms with Gasteiger partial charge in [-0.15, -0.1) is 0 Å². The van der Waals surface area contributed by atoms with E-state index in [0.29, 0.717) is 0 Å². The summed E-state index contributed by atoms with van der Waals surface area (Å²) in [6, 6.07) is 0.120. The van der Waals surface area contributed by atoms with E-state index >= 15 is 0 Å². The first-order valence-corrected chi connectivity index (χ1v) is 6.54. The van der Waals surface area contributed by atoms with Gasteiger partial charge in [-0.05, 0) is 40.5 Å². The molecule has 0 aromatic rings. The summed E-state index contributed by atoms with van der Waals surface area (Å²) >= 11 is 0. The molecule has 1 aliphatic rings. The lowest BCUT2D eigenvalue weighted by molar-refractivity contribution is -0.129. The molecule has 0 saturated carbocycles. The minimum atomic E-state index is 0.0187. The summed E-state index contributed by atoms with van der Waals surface area (Å²) in [5, 5.41) is 5.87. The molecule has 1 aliphatic heterocycles. The number of amides is 1. The molecular weight excluding hydrogens is 224 g/mol. The highest BCUT2D eigenvalue weighted by molar-refractivity contribution is 5.88. The van der Waals surface area contributed by atoms with Crippen LogP contribution in [0.15, 0.2) is 28.4 Å². The Bertz CT molecular complexity index is 401. The van der Waals surface area contributed by atoms with Gasteiger partial charge in [0.15, 0.2) is 0 Å². The van der Waals surface area contributed by atoms with E-state index in [4.69, 9.17) is 0 Å². The van der Waals surface area contributed by atoms with Gasteiger partial charge in [0.05, 0.1) is 6.04 Å². The van der Waals surface area contributed by atoms with Gasteiger partial charge in [0.25, 0.3) is 0 Å². The van der Waals surface area contributed by atoms with E-state index < -0.39 is 0 Å². The van der Waals surface area contributed by atoms with Crippen LogP contribution in [0.1, 0.15) is 53.9 Å². The van der Waals surface area contributed by atoms with E-state index in [9.17, 15) is 4.79 Å². The molecular formula is C15H24N2O. The Morgan fingerprint density at radius 1 is 1.39 bits per heavy atom. The van der Waals surface area contributed by atoms with Crippen LogP contribution in [-0.4, -0.2) is 22.7 Å². The Balaban J connectivity index is 2.60. The summed E-state index contributed by atoms with van der Waals surface area (Å²) < 4.78 is 0. The average Bonchev–Trinajstić information content (AvgIpc) is 2.58. The first kappa shape index (κ1) is 14.7. The summed E-state index contributed by atoms with van der Waals surface area (Å²) in [5.74, 6) is 0.0187. The van der Waals surface area contributed by atoms with Gasteiger partial charge in [-0.3, -0.25) is 4.79 Å². The molecule has 0 spiro atoms. The number of nitrogens with zero attached hydrogens (tertiary/aromatic N) is 2. The van der Waals surface area contributed by atoms with Crippen LogP contribution >= 0.6 is 0 Å². The smallest absolute Gasteiger partial charge is 0.240 e. The average molecular weight is 248 g/mol. The quantitative estimate of drug-likeness (QED) is 0.699. The predicted octanol–water partition coefficient (Wildman–Crippen LogP) is 3.68. The zero-order valence-corrected chi connectivity index (χ0v) is 12.2. The Labute approximate surface area is 110 Å². The van der Waals surface area contributed by atoms with Crippen molar-refractivity contribution in [1.82, 2.24) is 5.01 Å². The Morgan fingerprint density at radius 2 is 2.06 bits per heavy atom. The van der Waals surface area contributed by atoms with Gasteiger partial charge < -0.3 is 0 Å². The highest BCUT2D eigenvalue weighted by Crippen LogP contribution is 2.19. The van der Waals surface area contributed by atoms with E-state index in [2.05, 4.69) is 38.0 Å². The van der Waals surface area contributed by atoms with Gasteiger partial charge in [-0.2, -0.15) is 5.10 Å². The molecule has 1 rings (SSSR count). The van der Waals surface area contributed by atoms with Crippen molar-refractivity contribution in [3.05, 3.63) is 23.3 Å². The maximum absolute atomic E-state index is 11.5. The molecule has 0 radical (unpaired) electrons. The molecule has 3 heteroatoms. The number of carbonyl (C=O) groups excluding carboxylic acids is 1. The molecule has 1 atom stereocenters. The molecule has 18 heavy (non-hydrogen) atoms. The van der Waals surface area contributed by atoms with Crippen LogP contribution in [0.5, 0.6) is 0 Å². The summed E-state index contributed by atoms with van der Waals surface area (Å²) in [6.07, 6.45) is 7.40. The SMILES string of the molecule is CC(=O)N1N=C(C)CC1C=C(C)CCC=C(C)C. The molecule has 0 saturated heterocycles. The number of rotatable bonds is 4. The van der Waals surface area contributed by atoms with E-state index in [-0.39, 0.29) is 11.9 Å². The van der Waals surface area contributed by atoms with Crippen molar-refractivity contribution < 1.29 is 4.79 Å². The van der Waals surface area contributed by atoms with Crippen LogP contribution in [0.4, 0.5) is 0 Å². The van der Waals surface area contributed by atoms with Crippen molar-refractivity contribution in [1.29, 1.82) is 0 Å². The lowest BCUT2D eigenvalue weighted by Gasteiger charge is -2.17. The fourth-order valence-corrected chi connectivity index (χ4v) is 2.12. The largest absolute Gasteiger partial charge is 0.273 e. The summed E-state index contributed by atoms with van der Waals surface area (Å²) in [6.45, 7) is 9.91. The third-order valence-corrected chi connectivity index (χ3v) is 2.99. The van der Waals surface area contributed by atoms with Crippen LogP contribution in [-0.2, 0) is 4.79 Å². The van der Waals surface area contributed by atoms with Crippen molar-refractivity contribution >= 4 is 11.6 Å². The molecule has 1 heterocycles. The third kappa shape index (κ3) is 4.47. The first-order valence-electron chi connectivity index (χ1n) is 6.54. The third-order valence-electron chi connectivity index (χ3n) is 2.99. The second-order valence-electron chi connectivity index (χ2n) is 5.30. The van der Waals surface area contributed by atoms with Crippen LogP contribution in [0, 0.1) is 0 Å². The first-order chi connectivity index (χ1) is 8.40. The molecule has 1 unspecified atom stereocenters. The van der Waals surface area contributed by atoms with Crippen LogP contribution in [0.25, 0.3) is 0 Å². The number of hydrogen-bond donors (Lipinski definition) is 0. The van der Waals surface area contributed by atoms with Gasteiger partial charge in [0.1, 0.15) is 0 Å². The maximum atomic E-state index is 11.5. The number of allylic oxidation sites excluding steroid dienone is 3. The van der Waals surface area contributed by atoms with Crippen molar-refractivity contribution in [3.63, 3.8) is 0 Å². The summed E-state index contributed by atoms with van der Waals surface area (Å²) in [4.78, 5) is 11.5. The molecule has 100 valence electrons. The van der Waals surface area contributed by atoms with Crippen molar-refractivity contribution in [2.24, 2.45) is 5.10 Å². The predicted molar refractivity (Wildman–Crippen MR) is 76.5 cm³/mol. The van der Waals surface area contributed by atoms with Crippen LogP contribution < -0.4 is 0 Å². The number of hydrogen-bond acceptors (Lipinski definition) is 2. The van der Waals surface area contributed by atoms with E-state index in [1.807, 2.05) is 6.92 Å². The van der Waals surface area contributed by atoms with E-state index in [1.165, 1.54) is 11.1 Å². The highest BCUT2D eigenvalue weighted by Gasteiger charge is 2.25. The van der Waals surface area contributed by atoms with Crippen molar-refractivity contribution in [2.45, 2.75) is 59.9 Å². The fourth-order valence-electron chi connectivity index (χ4n) is 2.12. The van der Waals surface area contributed by atoms with Crippen LogP contribution in [0.3, 0.4) is 0 Å². The number of carbonyl (C=O) groups is 1. The molecule has 0 aliphatic carbocycles. The molecule has 0 N–H and O–H groups in total. The lowest BCUT2D eigenvalue weighted by atomic mass is 10.0. The molecule has 0 fully saturated rings. The number of hydrazone groups is 1.